The molecule has 0 spiro atoms. The molecule has 17 heavy (non-hydrogen) atoms. The lowest BCUT2D eigenvalue weighted by Gasteiger charge is -2.15. The van der Waals surface area contributed by atoms with Crippen LogP contribution in [0, 0.1) is 0 Å². The van der Waals surface area contributed by atoms with E-state index < -0.39 is 11.8 Å². The lowest BCUT2D eigenvalue weighted by Crippen LogP contribution is -2.50. The Labute approximate surface area is 107 Å². The van der Waals surface area contributed by atoms with Crippen molar-refractivity contribution < 1.29 is 9.59 Å². The van der Waals surface area contributed by atoms with Gasteiger partial charge >= 0.3 is 0 Å². The lowest BCUT2D eigenvalue weighted by atomic mass is 10.3. The number of carbonyl (C=O) groups is 2. The fraction of sp³-hybridized carbons (Fsp3) is 0.100. The van der Waals surface area contributed by atoms with Gasteiger partial charge in [0.05, 0.1) is 10.0 Å². The van der Waals surface area contributed by atoms with Crippen LogP contribution in [0.2, 0.25) is 10.0 Å². The summed E-state index contributed by atoms with van der Waals surface area (Å²) in [6.07, 6.45) is -0.213. The van der Waals surface area contributed by atoms with E-state index in [4.69, 9.17) is 23.2 Å². The minimum atomic E-state index is -0.421. The molecular formula is C10H7Cl2N3O2. The van der Waals surface area contributed by atoms with Crippen LogP contribution < -0.4 is 10.6 Å². The zero-order valence-corrected chi connectivity index (χ0v) is 9.97. The van der Waals surface area contributed by atoms with Crippen molar-refractivity contribution >= 4 is 46.7 Å². The van der Waals surface area contributed by atoms with E-state index in [1.54, 1.807) is 18.2 Å². The van der Waals surface area contributed by atoms with Crippen molar-refractivity contribution in [3.8, 4) is 0 Å². The molecule has 1 aliphatic rings. The smallest absolute Gasteiger partial charge is 0.236 e. The summed E-state index contributed by atoms with van der Waals surface area (Å²) in [5, 5.41) is 5.49. The quantitative estimate of drug-likeness (QED) is 0.762. The number of nitrogens with zero attached hydrogens (tertiary/aromatic N) is 1. The molecule has 2 rings (SSSR count). The highest BCUT2D eigenvalue weighted by molar-refractivity contribution is 6.39. The Morgan fingerprint density at radius 2 is 1.59 bits per heavy atom. The van der Waals surface area contributed by atoms with Crippen LogP contribution in [0.25, 0.3) is 0 Å². The highest BCUT2D eigenvalue weighted by Gasteiger charge is 2.20. The second-order valence-electron chi connectivity index (χ2n) is 3.30. The van der Waals surface area contributed by atoms with Gasteiger partial charge < -0.3 is 0 Å². The standard InChI is InChI=1S/C10H7Cl2N3O2/c11-5-2-1-3-6(12)9(5)15-10-13-7(16)4-8(17)14-10/h1-3H,4H2,(H2,13,14,15,16,17). The first kappa shape index (κ1) is 11.9. The Morgan fingerprint density at radius 1 is 1.06 bits per heavy atom. The molecule has 88 valence electrons. The topological polar surface area (TPSA) is 70.6 Å². The molecule has 1 aliphatic heterocycles. The van der Waals surface area contributed by atoms with Crippen molar-refractivity contribution in [2.24, 2.45) is 4.99 Å². The van der Waals surface area contributed by atoms with Gasteiger partial charge in [0.25, 0.3) is 0 Å². The van der Waals surface area contributed by atoms with Gasteiger partial charge in [0.1, 0.15) is 12.1 Å². The molecule has 0 aromatic heterocycles. The third-order valence-corrected chi connectivity index (χ3v) is 2.61. The number of benzene rings is 1. The Kier molecular flexibility index (Phi) is 3.31. The maximum atomic E-state index is 11.1. The number of halogens is 2. The van der Waals surface area contributed by atoms with Crippen molar-refractivity contribution in [3.63, 3.8) is 0 Å². The average Bonchev–Trinajstić information content (AvgIpc) is 2.22. The van der Waals surface area contributed by atoms with Crippen LogP contribution in [0.4, 0.5) is 5.69 Å². The predicted molar refractivity (Wildman–Crippen MR) is 64.5 cm³/mol. The molecule has 0 aliphatic carbocycles. The van der Waals surface area contributed by atoms with Gasteiger partial charge in [-0.2, -0.15) is 0 Å². The Hall–Kier alpha value is -1.59. The van der Waals surface area contributed by atoms with E-state index in [0.29, 0.717) is 15.7 Å². The summed E-state index contributed by atoms with van der Waals surface area (Å²) in [5.41, 5.74) is 0.299. The third-order valence-electron chi connectivity index (χ3n) is 2.00. The maximum absolute atomic E-state index is 11.1. The van der Waals surface area contributed by atoms with Crippen LogP contribution in [0.15, 0.2) is 23.2 Å². The van der Waals surface area contributed by atoms with E-state index in [-0.39, 0.29) is 12.4 Å². The number of guanidine groups is 1. The SMILES string of the molecule is O=C1CC(=O)NC(=Nc2c(Cl)cccc2Cl)N1. The van der Waals surface area contributed by atoms with Crippen molar-refractivity contribution in [1.82, 2.24) is 10.6 Å². The van der Waals surface area contributed by atoms with E-state index in [2.05, 4.69) is 15.6 Å². The molecule has 0 saturated carbocycles. The van der Waals surface area contributed by atoms with Gasteiger partial charge in [-0.1, -0.05) is 29.3 Å². The zero-order valence-electron chi connectivity index (χ0n) is 8.46. The van der Waals surface area contributed by atoms with Crippen molar-refractivity contribution in [2.75, 3.05) is 0 Å². The van der Waals surface area contributed by atoms with Crippen molar-refractivity contribution in [1.29, 1.82) is 0 Å². The second-order valence-corrected chi connectivity index (χ2v) is 4.12. The van der Waals surface area contributed by atoms with Gasteiger partial charge in [-0.25, -0.2) is 4.99 Å². The first-order chi connectivity index (χ1) is 8.06. The highest BCUT2D eigenvalue weighted by atomic mass is 35.5. The Bertz CT molecular complexity index is 490. The fourth-order valence-corrected chi connectivity index (χ4v) is 1.78. The van der Waals surface area contributed by atoms with Crippen LogP contribution >= 0.6 is 23.2 Å². The molecule has 2 amide bonds. The highest BCUT2D eigenvalue weighted by Crippen LogP contribution is 2.32. The number of aliphatic imine (C=N–C) groups is 1. The molecule has 0 unspecified atom stereocenters. The van der Waals surface area contributed by atoms with E-state index in [9.17, 15) is 9.59 Å². The van der Waals surface area contributed by atoms with Crippen LogP contribution in [0.1, 0.15) is 6.42 Å². The van der Waals surface area contributed by atoms with Gasteiger partial charge in [-0.3, -0.25) is 20.2 Å². The number of carbonyl (C=O) groups excluding carboxylic acids is 2. The summed E-state index contributed by atoms with van der Waals surface area (Å²) >= 11 is 11.8. The van der Waals surface area contributed by atoms with Gasteiger partial charge in [-0.05, 0) is 12.1 Å². The summed E-state index contributed by atoms with van der Waals surface area (Å²) < 4.78 is 0. The van der Waals surface area contributed by atoms with Crippen LogP contribution in [-0.4, -0.2) is 17.8 Å². The Balaban J connectivity index is 2.35. The molecule has 1 saturated heterocycles. The fourth-order valence-electron chi connectivity index (χ4n) is 1.29. The number of nitrogens with one attached hydrogen (secondary N) is 2. The van der Waals surface area contributed by atoms with Gasteiger partial charge in [0.15, 0.2) is 0 Å². The normalized spacial score (nSPS) is 15.3. The van der Waals surface area contributed by atoms with Crippen molar-refractivity contribution in [2.45, 2.75) is 6.42 Å². The molecule has 1 aromatic carbocycles. The summed E-state index contributed by atoms with van der Waals surface area (Å²) in [6.45, 7) is 0. The summed E-state index contributed by atoms with van der Waals surface area (Å²) in [4.78, 5) is 26.3. The van der Waals surface area contributed by atoms with E-state index in [0.717, 1.165) is 0 Å². The molecular weight excluding hydrogens is 265 g/mol. The molecule has 5 nitrogen and oxygen atoms in total. The number of para-hydroxylation sites is 1. The first-order valence-corrected chi connectivity index (χ1v) is 5.44. The largest absolute Gasteiger partial charge is 0.296 e. The zero-order chi connectivity index (χ0) is 12.4. The van der Waals surface area contributed by atoms with Crippen molar-refractivity contribution in [3.05, 3.63) is 28.2 Å². The molecule has 7 heteroatoms. The van der Waals surface area contributed by atoms with Crippen LogP contribution in [0.3, 0.4) is 0 Å². The van der Waals surface area contributed by atoms with Crippen LogP contribution in [-0.2, 0) is 9.59 Å². The van der Waals surface area contributed by atoms with Gasteiger partial charge in [0.2, 0.25) is 17.8 Å². The van der Waals surface area contributed by atoms with Gasteiger partial charge in [0, 0.05) is 0 Å². The first-order valence-electron chi connectivity index (χ1n) is 4.68. The number of hydrogen-bond donors (Lipinski definition) is 2. The van der Waals surface area contributed by atoms with E-state index in [1.165, 1.54) is 0 Å². The molecule has 1 aromatic rings. The van der Waals surface area contributed by atoms with E-state index in [1.807, 2.05) is 0 Å². The molecule has 0 bridgehead atoms. The maximum Gasteiger partial charge on any atom is 0.236 e. The van der Waals surface area contributed by atoms with Gasteiger partial charge in [-0.15, -0.1) is 0 Å². The molecule has 0 atom stereocenters. The summed E-state index contributed by atoms with van der Waals surface area (Å²) in [6, 6.07) is 4.89. The molecule has 0 radical (unpaired) electrons. The predicted octanol–water partition coefficient (Wildman–Crippen LogP) is 1.62. The number of rotatable bonds is 1. The minimum absolute atomic E-state index is 0.0289. The van der Waals surface area contributed by atoms with E-state index >= 15 is 0 Å². The Morgan fingerprint density at radius 3 is 2.12 bits per heavy atom. The molecule has 1 heterocycles. The third kappa shape index (κ3) is 2.75. The number of amides is 2. The average molecular weight is 272 g/mol. The van der Waals surface area contributed by atoms with Crippen LogP contribution in [0.5, 0.6) is 0 Å². The molecule has 2 N–H and O–H groups in total. The summed E-state index contributed by atoms with van der Waals surface area (Å²) in [7, 11) is 0. The molecule has 1 fully saturated rings. The lowest BCUT2D eigenvalue weighted by molar-refractivity contribution is -0.129. The minimum Gasteiger partial charge on any atom is -0.296 e. The summed E-state index contributed by atoms with van der Waals surface area (Å²) in [5.74, 6) is -0.812. The number of hydrogen-bond acceptors (Lipinski definition) is 3. The monoisotopic (exact) mass is 271 g/mol. The second kappa shape index (κ2) is 4.73.